The number of hydrogen-bond acceptors (Lipinski definition) is 2. The third-order valence-corrected chi connectivity index (χ3v) is 3.27. The van der Waals surface area contributed by atoms with E-state index >= 15 is 0 Å². The van der Waals surface area contributed by atoms with Gasteiger partial charge in [0.15, 0.2) is 0 Å². The van der Waals surface area contributed by atoms with Crippen LogP contribution in [0.4, 0.5) is 13.2 Å². The second-order valence-corrected chi connectivity index (χ2v) is 5.47. The normalized spacial score (nSPS) is 13.9. The summed E-state index contributed by atoms with van der Waals surface area (Å²) in [5.74, 6) is -0.197. The Bertz CT molecular complexity index is 481. The summed E-state index contributed by atoms with van der Waals surface area (Å²) in [6.45, 7) is 7.79. The number of hydrogen-bond donors (Lipinski definition) is 2. The molecule has 0 aliphatic carbocycles. The fraction of sp³-hybridized carbons (Fsp3) is 0.533. The highest BCUT2D eigenvalue weighted by Gasteiger charge is 2.31. The van der Waals surface area contributed by atoms with Gasteiger partial charge >= 0.3 is 6.18 Å². The van der Waals surface area contributed by atoms with E-state index in [9.17, 15) is 18.0 Å². The monoisotopic (exact) mass is 302 g/mol. The van der Waals surface area contributed by atoms with Gasteiger partial charge in [-0.25, -0.2) is 0 Å². The Balaban J connectivity index is 2.76. The number of carbonyl (C=O) groups excluding carboxylic acids is 1. The lowest BCUT2D eigenvalue weighted by Gasteiger charge is -2.27. The number of rotatable bonds is 5. The summed E-state index contributed by atoms with van der Waals surface area (Å²) in [5, 5.41) is 5.84. The third-order valence-electron chi connectivity index (χ3n) is 3.27. The minimum atomic E-state index is -4.35. The second kappa shape index (κ2) is 6.47. The van der Waals surface area contributed by atoms with Crippen LogP contribution in [0.15, 0.2) is 24.3 Å². The third kappa shape index (κ3) is 4.74. The van der Waals surface area contributed by atoms with E-state index in [0.717, 1.165) is 12.1 Å². The number of carbonyl (C=O) groups is 1. The van der Waals surface area contributed by atoms with Crippen LogP contribution in [0.1, 0.15) is 44.9 Å². The van der Waals surface area contributed by atoms with Crippen LogP contribution in [-0.2, 0) is 11.0 Å². The number of benzene rings is 1. The molecule has 6 heteroatoms. The molecule has 0 heterocycles. The van der Waals surface area contributed by atoms with Crippen molar-refractivity contribution < 1.29 is 18.0 Å². The van der Waals surface area contributed by atoms with Gasteiger partial charge in [-0.3, -0.25) is 4.79 Å². The molecule has 0 spiro atoms. The SMILES string of the molecule is CCNC(C)(C)C(=O)NC(C)c1ccc(C(F)(F)F)cc1. The lowest BCUT2D eigenvalue weighted by molar-refractivity contribution is -0.137. The van der Waals surface area contributed by atoms with Crippen molar-refractivity contribution >= 4 is 5.91 Å². The topological polar surface area (TPSA) is 41.1 Å². The highest BCUT2D eigenvalue weighted by Crippen LogP contribution is 2.29. The van der Waals surface area contributed by atoms with Gasteiger partial charge in [-0.05, 0) is 45.0 Å². The van der Waals surface area contributed by atoms with Crippen molar-refractivity contribution in [3.05, 3.63) is 35.4 Å². The van der Waals surface area contributed by atoms with E-state index < -0.39 is 17.3 Å². The van der Waals surface area contributed by atoms with E-state index in [1.54, 1.807) is 20.8 Å². The maximum atomic E-state index is 12.5. The lowest BCUT2D eigenvalue weighted by atomic mass is 10.0. The van der Waals surface area contributed by atoms with Crippen LogP contribution in [0.3, 0.4) is 0 Å². The molecule has 0 aliphatic heterocycles. The van der Waals surface area contributed by atoms with Crippen LogP contribution in [0.5, 0.6) is 0 Å². The molecule has 1 atom stereocenters. The van der Waals surface area contributed by atoms with Crippen molar-refractivity contribution in [2.75, 3.05) is 6.54 Å². The number of nitrogens with one attached hydrogen (secondary N) is 2. The van der Waals surface area contributed by atoms with Crippen LogP contribution in [0.2, 0.25) is 0 Å². The minimum Gasteiger partial charge on any atom is -0.348 e. The van der Waals surface area contributed by atoms with Gasteiger partial charge in [-0.15, -0.1) is 0 Å². The van der Waals surface area contributed by atoms with Crippen LogP contribution in [0, 0.1) is 0 Å². The molecule has 0 aliphatic rings. The molecule has 118 valence electrons. The molecule has 0 saturated heterocycles. The van der Waals surface area contributed by atoms with Gasteiger partial charge in [0.1, 0.15) is 0 Å². The molecule has 1 aromatic carbocycles. The number of amides is 1. The van der Waals surface area contributed by atoms with E-state index in [-0.39, 0.29) is 11.9 Å². The highest BCUT2D eigenvalue weighted by molar-refractivity contribution is 5.85. The first kappa shape index (κ1) is 17.5. The first-order valence-electron chi connectivity index (χ1n) is 6.81. The van der Waals surface area contributed by atoms with Gasteiger partial charge < -0.3 is 10.6 Å². The van der Waals surface area contributed by atoms with Crippen LogP contribution >= 0.6 is 0 Å². The molecule has 1 rings (SSSR count). The molecule has 0 fully saturated rings. The smallest absolute Gasteiger partial charge is 0.348 e. The molecule has 2 N–H and O–H groups in total. The Morgan fingerprint density at radius 1 is 1.19 bits per heavy atom. The van der Waals surface area contributed by atoms with Crippen molar-refractivity contribution in [1.29, 1.82) is 0 Å². The summed E-state index contributed by atoms with van der Waals surface area (Å²) in [4.78, 5) is 12.1. The van der Waals surface area contributed by atoms with Crippen molar-refractivity contribution in [1.82, 2.24) is 10.6 Å². The Morgan fingerprint density at radius 3 is 2.14 bits per heavy atom. The summed E-state index contributed by atoms with van der Waals surface area (Å²) in [6, 6.07) is 4.45. The van der Waals surface area contributed by atoms with Gasteiger partial charge in [0.25, 0.3) is 0 Å². The summed E-state index contributed by atoms with van der Waals surface area (Å²) in [5.41, 5.74) is -0.795. The molecular formula is C15H21F3N2O. The zero-order valence-electron chi connectivity index (χ0n) is 12.6. The lowest BCUT2D eigenvalue weighted by Crippen LogP contribution is -2.52. The minimum absolute atomic E-state index is 0.197. The molecule has 1 aromatic rings. The molecule has 0 aromatic heterocycles. The van der Waals surface area contributed by atoms with Gasteiger partial charge in [0.05, 0.1) is 17.1 Å². The molecule has 1 unspecified atom stereocenters. The fourth-order valence-corrected chi connectivity index (χ4v) is 1.94. The predicted molar refractivity (Wildman–Crippen MR) is 75.8 cm³/mol. The van der Waals surface area contributed by atoms with Gasteiger partial charge in [0.2, 0.25) is 5.91 Å². The average Bonchev–Trinajstić information content (AvgIpc) is 2.37. The molecule has 0 bridgehead atoms. The van der Waals surface area contributed by atoms with E-state index in [4.69, 9.17) is 0 Å². The molecule has 0 radical (unpaired) electrons. The molecule has 0 saturated carbocycles. The summed E-state index contributed by atoms with van der Waals surface area (Å²) >= 11 is 0. The second-order valence-electron chi connectivity index (χ2n) is 5.47. The van der Waals surface area contributed by atoms with E-state index in [1.807, 2.05) is 6.92 Å². The van der Waals surface area contributed by atoms with Crippen LogP contribution in [0.25, 0.3) is 0 Å². The first-order valence-corrected chi connectivity index (χ1v) is 6.81. The van der Waals surface area contributed by atoms with Crippen molar-refractivity contribution in [2.45, 2.75) is 45.5 Å². The maximum absolute atomic E-state index is 12.5. The Morgan fingerprint density at radius 2 is 1.71 bits per heavy atom. The van der Waals surface area contributed by atoms with E-state index in [2.05, 4.69) is 10.6 Å². The van der Waals surface area contributed by atoms with Crippen molar-refractivity contribution in [3.8, 4) is 0 Å². The predicted octanol–water partition coefficient (Wildman–Crippen LogP) is 3.27. The largest absolute Gasteiger partial charge is 0.416 e. The van der Waals surface area contributed by atoms with Gasteiger partial charge in [-0.1, -0.05) is 19.1 Å². The van der Waals surface area contributed by atoms with E-state index in [0.29, 0.717) is 12.1 Å². The van der Waals surface area contributed by atoms with Gasteiger partial charge in [0, 0.05) is 0 Å². The quantitative estimate of drug-likeness (QED) is 0.876. The van der Waals surface area contributed by atoms with Crippen LogP contribution in [-0.4, -0.2) is 18.0 Å². The highest BCUT2D eigenvalue weighted by atomic mass is 19.4. The standard InChI is InChI=1S/C15H21F3N2O/c1-5-19-14(3,4)13(21)20-10(2)11-6-8-12(9-7-11)15(16,17)18/h6-10,19H,5H2,1-4H3,(H,20,21). The molecular weight excluding hydrogens is 281 g/mol. The Hall–Kier alpha value is -1.56. The number of likely N-dealkylation sites (N-methyl/N-ethyl adjacent to an activating group) is 1. The summed E-state index contributed by atoms with van der Waals surface area (Å²) < 4.78 is 37.5. The fourth-order valence-electron chi connectivity index (χ4n) is 1.94. The van der Waals surface area contributed by atoms with Gasteiger partial charge in [-0.2, -0.15) is 13.2 Å². The first-order chi connectivity index (χ1) is 9.58. The maximum Gasteiger partial charge on any atom is 0.416 e. The zero-order valence-corrected chi connectivity index (χ0v) is 12.6. The summed E-state index contributed by atoms with van der Waals surface area (Å²) in [6.07, 6.45) is -4.35. The number of halogens is 3. The molecule has 1 amide bonds. The zero-order chi connectivity index (χ0) is 16.3. The van der Waals surface area contributed by atoms with E-state index in [1.165, 1.54) is 12.1 Å². The van der Waals surface area contributed by atoms with Crippen molar-refractivity contribution in [2.24, 2.45) is 0 Å². The Labute approximate surface area is 122 Å². The molecule has 21 heavy (non-hydrogen) atoms. The van der Waals surface area contributed by atoms with Crippen LogP contribution < -0.4 is 10.6 Å². The number of alkyl halides is 3. The van der Waals surface area contributed by atoms with Crippen molar-refractivity contribution in [3.63, 3.8) is 0 Å². The average molecular weight is 302 g/mol. The molecule has 3 nitrogen and oxygen atoms in total. The Kier molecular flexibility index (Phi) is 5.39. The summed E-state index contributed by atoms with van der Waals surface area (Å²) in [7, 11) is 0.